The number of nitrogens with one attached hydrogen (secondary N) is 1. The van der Waals surface area contributed by atoms with Gasteiger partial charge in [-0.15, -0.1) is 0 Å². The van der Waals surface area contributed by atoms with Crippen molar-refractivity contribution in [1.82, 2.24) is 4.72 Å². The number of esters is 1. The number of halogens is 6. The smallest absolute Gasteiger partial charge is 0.416 e. The lowest BCUT2D eigenvalue weighted by Gasteiger charge is -2.16. The summed E-state index contributed by atoms with van der Waals surface area (Å²) in [4.78, 5) is 21.0. The molecule has 0 fully saturated rings. The van der Waals surface area contributed by atoms with Gasteiger partial charge in [0.05, 0.1) is 29.1 Å². The van der Waals surface area contributed by atoms with Gasteiger partial charge in [-0.25, -0.2) is 13.1 Å². The lowest BCUT2D eigenvalue weighted by Crippen LogP contribution is -2.32. The number of rotatable bonds is 8. The van der Waals surface area contributed by atoms with Crippen molar-refractivity contribution in [2.75, 3.05) is 13.2 Å². The van der Waals surface area contributed by atoms with Crippen molar-refractivity contribution in [1.29, 1.82) is 0 Å². The number of benzene rings is 1. The Morgan fingerprint density at radius 2 is 1.61 bits per heavy atom. The summed E-state index contributed by atoms with van der Waals surface area (Å²) in [5, 5.41) is 0. The highest BCUT2D eigenvalue weighted by atomic mass is 32.2. The Labute approximate surface area is 155 Å². The molecule has 1 aromatic rings. The van der Waals surface area contributed by atoms with Crippen LogP contribution in [-0.2, 0) is 36.7 Å². The molecule has 1 N–H and O–H groups in total. The molecule has 0 aliphatic rings. The average molecular weight is 435 g/mol. The Balaban J connectivity index is 3.16. The first-order chi connectivity index (χ1) is 12.7. The van der Waals surface area contributed by atoms with Crippen LogP contribution >= 0.6 is 0 Å². The first-order valence-electron chi connectivity index (χ1n) is 7.60. The Bertz CT molecular complexity index is 787. The number of hydrogen-bond acceptors (Lipinski definition) is 5. The molecule has 1 atom stereocenters. The van der Waals surface area contributed by atoms with Crippen LogP contribution in [0.2, 0.25) is 0 Å². The Morgan fingerprint density at radius 3 is 2.00 bits per heavy atom. The fraction of sp³-hybridized carbons (Fsp3) is 0.467. The third kappa shape index (κ3) is 6.78. The van der Waals surface area contributed by atoms with E-state index >= 15 is 0 Å². The molecule has 0 radical (unpaired) electrons. The van der Waals surface area contributed by atoms with Gasteiger partial charge < -0.3 is 9.53 Å². The van der Waals surface area contributed by atoms with Crippen LogP contribution in [0.1, 0.15) is 24.5 Å². The number of carbonyl (C=O) groups is 2. The predicted molar refractivity (Wildman–Crippen MR) is 82.4 cm³/mol. The van der Waals surface area contributed by atoms with E-state index < -0.39 is 63.3 Å². The second-order valence-corrected chi connectivity index (χ2v) is 7.27. The third-order valence-electron chi connectivity index (χ3n) is 3.33. The van der Waals surface area contributed by atoms with Gasteiger partial charge in [-0.2, -0.15) is 26.3 Å². The zero-order chi connectivity index (χ0) is 21.8. The predicted octanol–water partition coefficient (Wildman–Crippen LogP) is 2.77. The molecular formula is C15H15F6NO5S. The minimum atomic E-state index is -5.22. The SMILES string of the molecule is CCOC(=O)CC(C=O)CNS(=O)(=O)c1cc(C(F)(F)F)cc(C(F)(F)F)c1. The van der Waals surface area contributed by atoms with Crippen molar-refractivity contribution in [3.63, 3.8) is 0 Å². The fourth-order valence-electron chi connectivity index (χ4n) is 1.98. The van der Waals surface area contributed by atoms with Crippen LogP contribution in [0.4, 0.5) is 26.3 Å². The fourth-order valence-corrected chi connectivity index (χ4v) is 3.15. The van der Waals surface area contributed by atoms with Gasteiger partial charge in [-0.05, 0) is 25.1 Å². The first-order valence-corrected chi connectivity index (χ1v) is 9.09. The summed E-state index contributed by atoms with van der Waals surface area (Å²) in [5.74, 6) is -2.04. The van der Waals surface area contributed by atoms with E-state index in [1.165, 1.54) is 6.92 Å². The summed E-state index contributed by atoms with van der Waals surface area (Å²) in [6.45, 7) is 0.769. The van der Waals surface area contributed by atoms with Gasteiger partial charge in [-0.3, -0.25) is 4.79 Å². The number of carbonyl (C=O) groups excluding carboxylic acids is 2. The molecular weight excluding hydrogens is 420 g/mol. The number of alkyl halides is 6. The van der Waals surface area contributed by atoms with Gasteiger partial charge in [0.15, 0.2) is 0 Å². The van der Waals surface area contributed by atoms with E-state index in [0.717, 1.165) is 0 Å². The van der Waals surface area contributed by atoms with Crippen LogP contribution in [0.5, 0.6) is 0 Å². The molecule has 0 amide bonds. The molecule has 0 spiro atoms. The quantitative estimate of drug-likeness (QED) is 0.385. The molecule has 0 aliphatic carbocycles. The summed E-state index contributed by atoms with van der Waals surface area (Å²) in [5.41, 5.74) is -3.61. The van der Waals surface area contributed by atoms with E-state index in [0.29, 0.717) is 0 Å². The molecule has 1 aromatic carbocycles. The van der Waals surface area contributed by atoms with Crippen LogP contribution in [0.15, 0.2) is 23.1 Å². The number of hydrogen-bond donors (Lipinski definition) is 1. The third-order valence-corrected chi connectivity index (χ3v) is 4.74. The monoisotopic (exact) mass is 435 g/mol. The Kier molecular flexibility index (Phi) is 7.59. The van der Waals surface area contributed by atoms with E-state index in [1.54, 1.807) is 4.72 Å². The standard InChI is InChI=1S/C15H15F6NO5S/c1-2-27-13(24)3-9(8-23)7-22-28(25,26)12-5-10(14(16,17)18)4-11(6-12)15(19,20)21/h4-6,8-9,22H,2-3,7H2,1H3. The second kappa shape index (κ2) is 8.90. The zero-order valence-electron chi connectivity index (χ0n) is 14.2. The maximum atomic E-state index is 12.8. The highest BCUT2D eigenvalue weighted by Gasteiger charge is 2.38. The lowest BCUT2D eigenvalue weighted by atomic mass is 10.1. The summed E-state index contributed by atoms with van der Waals surface area (Å²) in [7, 11) is -4.84. The Hall–Kier alpha value is -2.15. The molecule has 0 aromatic heterocycles. The normalized spacial score (nSPS) is 13.8. The summed E-state index contributed by atoms with van der Waals surface area (Å²) < 4.78 is 108. The van der Waals surface area contributed by atoms with Crippen LogP contribution in [0.25, 0.3) is 0 Å². The van der Waals surface area contributed by atoms with Gasteiger partial charge in [0.1, 0.15) is 6.29 Å². The molecule has 0 bridgehead atoms. The molecule has 158 valence electrons. The molecule has 0 saturated heterocycles. The lowest BCUT2D eigenvalue weighted by molar-refractivity contribution is -0.145. The van der Waals surface area contributed by atoms with Gasteiger partial charge in [0.25, 0.3) is 0 Å². The van der Waals surface area contributed by atoms with Crippen molar-refractivity contribution < 1.29 is 49.1 Å². The minimum absolute atomic E-state index is 0.000587. The van der Waals surface area contributed by atoms with Crippen molar-refractivity contribution >= 4 is 22.3 Å². The van der Waals surface area contributed by atoms with E-state index in [2.05, 4.69) is 4.74 Å². The van der Waals surface area contributed by atoms with Crippen LogP contribution in [0, 0.1) is 5.92 Å². The molecule has 0 heterocycles. The molecule has 1 rings (SSSR count). The second-order valence-electron chi connectivity index (χ2n) is 5.50. The van der Waals surface area contributed by atoms with Crippen LogP contribution in [-0.4, -0.2) is 33.8 Å². The van der Waals surface area contributed by atoms with Crippen molar-refractivity contribution in [2.24, 2.45) is 5.92 Å². The molecule has 1 unspecified atom stereocenters. The largest absolute Gasteiger partial charge is 0.466 e. The van der Waals surface area contributed by atoms with Crippen molar-refractivity contribution in [2.45, 2.75) is 30.6 Å². The van der Waals surface area contributed by atoms with Crippen LogP contribution in [0.3, 0.4) is 0 Å². The average Bonchev–Trinajstić information content (AvgIpc) is 2.56. The Morgan fingerprint density at radius 1 is 1.11 bits per heavy atom. The summed E-state index contributed by atoms with van der Waals surface area (Å²) in [6.07, 6.45) is -10.7. The highest BCUT2D eigenvalue weighted by molar-refractivity contribution is 7.89. The van der Waals surface area contributed by atoms with E-state index in [1.807, 2.05) is 0 Å². The molecule has 0 saturated carbocycles. The zero-order valence-corrected chi connectivity index (χ0v) is 15.0. The number of aldehydes is 1. The first kappa shape index (κ1) is 23.9. The maximum Gasteiger partial charge on any atom is 0.416 e. The molecule has 6 nitrogen and oxygen atoms in total. The summed E-state index contributed by atoms with van der Waals surface area (Å²) >= 11 is 0. The van der Waals surface area contributed by atoms with Gasteiger partial charge in [0.2, 0.25) is 10.0 Å². The molecule has 0 aliphatic heterocycles. The van der Waals surface area contributed by atoms with E-state index in [-0.39, 0.29) is 31.1 Å². The number of sulfonamides is 1. The van der Waals surface area contributed by atoms with Gasteiger partial charge in [0, 0.05) is 12.5 Å². The van der Waals surface area contributed by atoms with Gasteiger partial charge >= 0.3 is 18.3 Å². The molecule has 28 heavy (non-hydrogen) atoms. The molecule has 13 heteroatoms. The summed E-state index contributed by atoms with van der Waals surface area (Å²) in [6, 6.07) is -0.133. The maximum absolute atomic E-state index is 12.8. The van der Waals surface area contributed by atoms with Crippen LogP contribution < -0.4 is 4.72 Å². The van der Waals surface area contributed by atoms with E-state index in [4.69, 9.17) is 0 Å². The van der Waals surface area contributed by atoms with Crippen molar-refractivity contribution in [3.05, 3.63) is 29.3 Å². The van der Waals surface area contributed by atoms with E-state index in [9.17, 15) is 44.3 Å². The van der Waals surface area contributed by atoms with Gasteiger partial charge in [-0.1, -0.05) is 0 Å². The topological polar surface area (TPSA) is 89.5 Å². The number of ether oxygens (including phenoxy) is 1. The van der Waals surface area contributed by atoms with Crippen molar-refractivity contribution in [3.8, 4) is 0 Å². The minimum Gasteiger partial charge on any atom is -0.466 e. The highest BCUT2D eigenvalue weighted by Crippen LogP contribution is 2.37.